The Morgan fingerprint density at radius 1 is 1.42 bits per heavy atom. The van der Waals surface area contributed by atoms with Crippen molar-refractivity contribution in [1.82, 2.24) is 9.78 Å². The minimum Gasteiger partial charge on any atom is -0.382 e. The molecule has 8 heteroatoms. The van der Waals surface area contributed by atoms with Gasteiger partial charge < -0.3 is 14.8 Å². The third-order valence-electron chi connectivity index (χ3n) is 2.55. The van der Waals surface area contributed by atoms with E-state index in [0.29, 0.717) is 44.4 Å². The average Bonchev–Trinajstić information content (AvgIpc) is 2.69. The lowest BCUT2D eigenvalue weighted by molar-refractivity contribution is -0.384. The van der Waals surface area contributed by atoms with E-state index in [1.807, 2.05) is 6.92 Å². The van der Waals surface area contributed by atoms with Crippen molar-refractivity contribution in [2.24, 2.45) is 0 Å². The fourth-order valence-corrected chi connectivity index (χ4v) is 1.68. The van der Waals surface area contributed by atoms with E-state index in [9.17, 15) is 10.1 Å². The Hall–Kier alpha value is -1.67. The van der Waals surface area contributed by atoms with E-state index >= 15 is 0 Å². The van der Waals surface area contributed by atoms with Gasteiger partial charge in [0.2, 0.25) is 5.82 Å². The molecular formula is C11H20N4O4. The molecule has 108 valence electrons. The van der Waals surface area contributed by atoms with Gasteiger partial charge >= 0.3 is 5.69 Å². The minimum atomic E-state index is -0.414. The molecule has 0 aliphatic heterocycles. The maximum absolute atomic E-state index is 11.0. The second-order valence-electron chi connectivity index (χ2n) is 3.89. The number of aromatic nitrogens is 2. The molecule has 0 aromatic carbocycles. The number of aryl methyl sites for hydroxylation is 2. The second kappa shape index (κ2) is 7.70. The van der Waals surface area contributed by atoms with Gasteiger partial charge in [-0.15, -0.1) is 0 Å². The number of hydrogen-bond acceptors (Lipinski definition) is 6. The molecule has 0 bridgehead atoms. The van der Waals surface area contributed by atoms with Crippen LogP contribution in [0.3, 0.4) is 0 Å². The summed E-state index contributed by atoms with van der Waals surface area (Å²) >= 11 is 0. The van der Waals surface area contributed by atoms with E-state index in [1.54, 1.807) is 18.7 Å². The topological polar surface area (TPSA) is 91.5 Å². The first kappa shape index (κ1) is 15.4. The molecule has 0 saturated carbocycles. The number of rotatable bonds is 9. The van der Waals surface area contributed by atoms with Crippen LogP contribution in [0.25, 0.3) is 0 Å². The Bertz CT molecular complexity index is 419. The molecule has 0 saturated heterocycles. The van der Waals surface area contributed by atoms with Crippen molar-refractivity contribution >= 4 is 11.5 Å². The molecule has 0 radical (unpaired) electrons. The molecule has 0 aliphatic carbocycles. The van der Waals surface area contributed by atoms with E-state index in [4.69, 9.17) is 9.47 Å². The molecule has 19 heavy (non-hydrogen) atoms. The number of ether oxygens (including phenoxy) is 2. The molecule has 0 unspecified atom stereocenters. The van der Waals surface area contributed by atoms with E-state index in [1.165, 1.54) is 0 Å². The molecule has 1 heterocycles. The van der Waals surface area contributed by atoms with Crippen LogP contribution < -0.4 is 5.32 Å². The van der Waals surface area contributed by atoms with Crippen LogP contribution in [0.1, 0.15) is 12.6 Å². The third-order valence-corrected chi connectivity index (χ3v) is 2.55. The molecule has 0 amide bonds. The number of nitrogens with zero attached hydrogens (tertiary/aromatic N) is 3. The van der Waals surface area contributed by atoms with Gasteiger partial charge in [-0.2, -0.15) is 5.10 Å². The quantitative estimate of drug-likeness (QED) is 0.412. The summed E-state index contributed by atoms with van der Waals surface area (Å²) in [4.78, 5) is 10.6. The van der Waals surface area contributed by atoms with Gasteiger partial charge in [0.05, 0.1) is 24.7 Å². The summed E-state index contributed by atoms with van der Waals surface area (Å²) < 4.78 is 11.7. The smallest absolute Gasteiger partial charge is 0.333 e. The zero-order valence-electron chi connectivity index (χ0n) is 11.5. The average molecular weight is 272 g/mol. The molecule has 8 nitrogen and oxygen atoms in total. The van der Waals surface area contributed by atoms with Crippen molar-refractivity contribution < 1.29 is 14.4 Å². The van der Waals surface area contributed by atoms with Crippen LogP contribution in [-0.4, -0.2) is 48.2 Å². The van der Waals surface area contributed by atoms with Gasteiger partial charge in [0, 0.05) is 20.2 Å². The lowest BCUT2D eigenvalue weighted by atomic mass is 10.4. The predicted octanol–water partition coefficient (Wildman–Crippen LogP) is 1.19. The first-order chi connectivity index (χ1) is 9.11. The highest BCUT2D eigenvalue weighted by Gasteiger charge is 2.24. The molecular weight excluding hydrogens is 252 g/mol. The van der Waals surface area contributed by atoms with Crippen LogP contribution in [0, 0.1) is 17.0 Å². The number of anilines is 1. The van der Waals surface area contributed by atoms with Crippen LogP contribution in [0.15, 0.2) is 0 Å². The molecule has 1 aromatic heterocycles. The van der Waals surface area contributed by atoms with Crippen molar-refractivity contribution in [3.63, 3.8) is 0 Å². The van der Waals surface area contributed by atoms with Crippen molar-refractivity contribution in [2.75, 3.05) is 38.8 Å². The van der Waals surface area contributed by atoms with Crippen LogP contribution in [0.4, 0.5) is 11.5 Å². The highest BCUT2D eigenvalue weighted by atomic mass is 16.6. The maximum atomic E-state index is 11.0. The molecule has 0 fully saturated rings. The lowest BCUT2D eigenvalue weighted by Gasteiger charge is -2.08. The molecule has 1 N–H and O–H groups in total. The van der Waals surface area contributed by atoms with Crippen molar-refractivity contribution in [2.45, 2.75) is 20.4 Å². The van der Waals surface area contributed by atoms with Gasteiger partial charge in [-0.05, 0) is 13.8 Å². The Morgan fingerprint density at radius 2 is 2.16 bits per heavy atom. The third kappa shape index (κ3) is 4.18. The SMILES string of the molecule is CCn1nc(C)c([N+](=O)[O-])c1NCCOCCOC. The van der Waals surface area contributed by atoms with Crippen LogP contribution >= 0.6 is 0 Å². The summed E-state index contributed by atoms with van der Waals surface area (Å²) in [6.07, 6.45) is 0. The summed E-state index contributed by atoms with van der Waals surface area (Å²) in [5.41, 5.74) is 0.438. The minimum absolute atomic E-state index is 0.0266. The van der Waals surface area contributed by atoms with Crippen LogP contribution in [0.5, 0.6) is 0 Å². The first-order valence-electron chi connectivity index (χ1n) is 6.14. The molecule has 1 aromatic rings. The summed E-state index contributed by atoms with van der Waals surface area (Å²) in [6.45, 7) is 6.06. The van der Waals surface area contributed by atoms with E-state index in [-0.39, 0.29) is 5.69 Å². The molecule has 0 atom stereocenters. The van der Waals surface area contributed by atoms with Crippen molar-refractivity contribution in [1.29, 1.82) is 0 Å². The number of hydrogen-bond donors (Lipinski definition) is 1. The summed E-state index contributed by atoms with van der Waals surface area (Å²) in [7, 11) is 1.60. The molecule has 0 aliphatic rings. The maximum Gasteiger partial charge on any atom is 0.333 e. The van der Waals surface area contributed by atoms with Gasteiger partial charge in [-0.25, -0.2) is 4.68 Å². The summed E-state index contributed by atoms with van der Waals surface area (Å²) in [5, 5.41) is 18.1. The van der Waals surface area contributed by atoms with Gasteiger partial charge in [0.25, 0.3) is 0 Å². The highest BCUT2D eigenvalue weighted by molar-refractivity contribution is 5.59. The fourth-order valence-electron chi connectivity index (χ4n) is 1.68. The van der Waals surface area contributed by atoms with Gasteiger partial charge in [0.15, 0.2) is 0 Å². The van der Waals surface area contributed by atoms with E-state index in [2.05, 4.69) is 10.4 Å². The number of nitrogens with one attached hydrogen (secondary N) is 1. The Morgan fingerprint density at radius 3 is 2.74 bits per heavy atom. The van der Waals surface area contributed by atoms with Gasteiger partial charge in [-0.3, -0.25) is 10.1 Å². The fraction of sp³-hybridized carbons (Fsp3) is 0.727. The van der Waals surface area contributed by atoms with E-state index in [0.717, 1.165) is 0 Å². The monoisotopic (exact) mass is 272 g/mol. The number of nitro groups is 1. The summed E-state index contributed by atoms with van der Waals surface area (Å²) in [5.74, 6) is 0.431. The largest absolute Gasteiger partial charge is 0.382 e. The highest BCUT2D eigenvalue weighted by Crippen LogP contribution is 2.27. The lowest BCUT2D eigenvalue weighted by Crippen LogP contribution is -2.15. The standard InChI is InChI=1S/C11H20N4O4/c1-4-14-11(10(15(16)17)9(2)13-14)12-5-6-19-8-7-18-3/h12H,4-8H2,1-3H3. The van der Waals surface area contributed by atoms with Gasteiger partial charge in [0.1, 0.15) is 5.69 Å². The first-order valence-corrected chi connectivity index (χ1v) is 6.14. The second-order valence-corrected chi connectivity index (χ2v) is 3.89. The normalized spacial score (nSPS) is 10.7. The van der Waals surface area contributed by atoms with Crippen molar-refractivity contribution in [3.8, 4) is 0 Å². The van der Waals surface area contributed by atoms with Gasteiger partial charge in [-0.1, -0.05) is 0 Å². The molecule has 1 rings (SSSR count). The molecule has 0 spiro atoms. The predicted molar refractivity (Wildman–Crippen MR) is 70.5 cm³/mol. The van der Waals surface area contributed by atoms with Crippen LogP contribution in [0.2, 0.25) is 0 Å². The Kier molecular flexibility index (Phi) is 6.23. The zero-order valence-corrected chi connectivity index (χ0v) is 11.5. The zero-order chi connectivity index (χ0) is 14.3. The van der Waals surface area contributed by atoms with Crippen LogP contribution in [-0.2, 0) is 16.0 Å². The summed E-state index contributed by atoms with van der Waals surface area (Å²) in [6, 6.07) is 0. The Balaban J connectivity index is 2.58. The van der Waals surface area contributed by atoms with E-state index < -0.39 is 4.92 Å². The Labute approximate surface area is 111 Å². The van der Waals surface area contributed by atoms with Crippen molar-refractivity contribution in [3.05, 3.63) is 15.8 Å². The number of methoxy groups -OCH3 is 1.